The van der Waals surface area contributed by atoms with Crippen LogP contribution in [0.5, 0.6) is 5.75 Å². The van der Waals surface area contributed by atoms with Crippen molar-refractivity contribution in [3.05, 3.63) is 36.7 Å². The fourth-order valence-corrected chi connectivity index (χ4v) is 2.06. The number of hydrogen-bond acceptors (Lipinski definition) is 2. The Morgan fingerprint density at radius 2 is 2.13 bits per heavy atom. The van der Waals surface area contributed by atoms with Gasteiger partial charge in [0.1, 0.15) is 0 Å². The summed E-state index contributed by atoms with van der Waals surface area (Å²) in [6.45, 7) is 4.32. The zero-order chi connectivity index (χ0) is 10.8. The molecule has 3 atom stereocenters. The van der Waals surface area contributed by atoms with Crippen LogP contribution >= 0.6 is 0 Å². The van der Waals surface area contributed by atoms with Gasteiger partial charge in [0.2, 0.25) is 0 Å². The van der Waals surface area contributed by atoms with E-state index < -0.39 is 0 Å². The second-order valence-corrected chi connectivity index (χ2v) is 4.13. The number of aromatic nitrogens is 2. The van der Waals surface area contributed by atoms with Crippen molar-refractivity contribution in [3.63, 3.8) is 0 Å². The molecule has 15 heavy (non-hydrogen) atoms. The van der Waals surface area contributed by atoms with E-state index in [1.54, 1.807) is 6.20 Å². The summed E-state index contributed by atoms with van der Waals surface area (Å²) < 4.78 is 1.82. The van der Waals surface area contributed by atoms with E-state index in [1.165, 1.54) is 6.20 Å². The Labute approximate surface area is 89.7 Å². The summed E-state index contributed by atoms with van der Waals surface area (Å²) in [6.07, 6.45) is 11.7. The first-order valence-electron chi connectivity index (χ1n) is 5.26. The van der Waals surface area contributed by atoms with Gasteiger partial charge in [0.15, 0.2) is 5.75 Å². The topological polar surface area (TPSA) is 38.0 Å². The smallest absolute Gasteiger partial charge is 0.153 e. The molecule has 3 unspecified atom stereocenters. The summed E-state index contributed by atoms with van der Waals surface area (Å²) in [5, 5.41) is 13.4. The minimum absolute atomic E-state index is 0.227. The maximum atomic E-state index is 9.25. The first-order valence-corrected chi connectivity index (χ1v) is 5.26. The molecule has 0 saturated carbocycles. The largest absolute Gasteiger partial charge is 0.505 e. The molecule has 3 heteroatoms. The molecule has 0 saturated heterocycles. The van der Waals surface area contributed by atoms with Crippen LogP contribution in [-0.4, -0.2) is 14.9 Å². The molecular weight excluding hydrogens is 188 g/mol. The second kappa shape index (κ2) is 3.93. The van der Waals surface area contributed by atoms with E-state index in [-0.39, 0.29) is 11.8 Å². The SMILES string of the molecule is CC1C=CC=CC1C(C)n1cc(O)cn1. The lowest BCUT2D eigenvalue weighted by molar-refractivity contribution is 0.326. The van der Waals surface area contributed by atoms with Crippen molar-refractivity contribution in [1.29, 1.82) is 0 Å². The Morgan fingerprint density at radius 3 is 2.73 bits per heavy atom. The van der Waals surface area contributed by atoms with E-state index >= 15 is 0 Å². The van der Waals surface area contributed by atoms with Crippen LogP contribution in [0.25, 0.3) is 0 Å². The predicted octanol–water partition coefficient (Wildman–Crippen LogP) is 2.53. The Balaban J connectivity index is 2.17. The fraction of sp³-hybridized carbons (Fsp3) is 0.417. The molecule has 0 aliphatic heterocycles. The van der Waals surface area contributed by atoms with Crippen LogP contribution in [0.2, 0.25) is 0 Å². The molecule has 2 rings (SSSR count). The lowest BCUT2D eigenvalue weighted by Crippen LogP contribution is -2.21. The first-order chi connectivity index (χ1) is 7.18. The Bertz CT molecular complexity index is 392. The summed E-state index contributed by atoms with van der Waals surface area (Å²) in [5.41, 5.74) is 0. The van der Waals surface area contributed by atoms with Gasteiger partial charge in [0, 0.05) is 5.92 Å². The van der Waals surface area contributed by atoms with Gasteiger partial charge >= 0.3 is 0 Å². The molecule has 1 N–H and O–H groups in total. The molecule has 0 fully saturated rings. The molecule has 1 aromatic rings. The molecule has 1 aromatic heterocycles. The highest BCUT2D eigenvalue weighted by molar-refractivity contribution is 5.16. The number of rotatable bonds is 2. The first kappa shape index (κ1) is 10.0. The fourth-order valence-electron chi connectivity index (χ4n) is 2.06. The van der Waals surface area contributed by atoms with Crippen molar-refractivity contribution >= 4 is 0 Å². The molecule has 1 heterocycles. The number of nitrogens with zero attached hydrogens (tertiary/aromatic N) is 2. The van der Waals surface area contributed by atoms with Gasteiger partial charge in [-0.3, -0.25) is 4.68 Å². The maximum Gasteiger partial charge on any atom is 0.153 e. The van der Waals surface area contributed by atoms with Crippen LogP contribution in [0.4, 0.5) is 0 Å². The van der Waals surface area contributed by atoms with E-state index in [0.717, 1.165) is 0 Å². The summed E-state index contributed by atoms with van der Waals surface area (Å²) >= 11 is 0. The molecule has 0 bridgehead atoms. The quantitative estimate of drug-likeness (QED) is 0.803. The van der Waals surface area contributed by atoms with Gasteiger partial charge in [-0.2, -0.15) is 5.10 Å². The molecule has 3 nitrogen and oxygen atoms in total. The average Bonchev–Trinajstić information content (AvgIpc) is 2.65. The van der Waals surface area contributed by atoms with Crippen molar-refractivity contribution < 1.29 is 5.11 Å². The molecule has 0 aromatic carbocycles. The van der Waals surface area contributed by atoms with Gasteiger partial charge < -0.3 is 5.11 Å². The third-order valence-corrected chi connectivity index (χ3v) is 3.03. The number of aromatic hydroxyl groups is 1. The van der Waals surface area contributed by atoms with Gasteiger partial charge in [-0.05, 0) is 12.8 Å². The number of hydrogen-bond donors (Lipinski definition) is 1. The van der Waals surface area contributed by atoms with Crippen LogP contribution in [0.3, 0.4) is 0 Å². The maximum absolute atomic E-state index is 9.25. The summed E-state index contributed by atoms with van der Waals surface area (Å²) in [7, 11) is 0. The Hall–Kier alpha value is -1.51. The van der Waals surface area contributed by atoms with Crippen molar-refractivity contribution in [1.82, 2.24) is 9.78 Å². The normalized spacial score (nSPS) is 26.8. The highest BCUT2D eigenvalue weighted by Crippen LogP contribution is 2.30. The van der Waals surface area contributed by atoms with Crippen LogP contribution < -0.4 is 0 Å². The van der Waals surface area contributed by atoms with Crippen molar-refractivity contribution in [2.45, 2.75) is 19.9 Å². The summed E-state index contributed by atoms with van der Waals surface area (Å²) in [6, 6.07) is 0.266. The van der Waals surface area contributed by atoms with Gasteiger partial charge in [0.25, 0.3) is 0 Å². The molecule has 80 valence electrons. The van der Waals surface area contributed by atoms with Crippen LogP contribution in [-0.2, 0) is 0 Å². The Kier molecular flexibility index (Phi) is 2.62. The molecule has 0 spiro atoms. The van der Waals surface area contributed by atoms with E-state index in [2.05, 4.69) is 43.3 Å². The van der Waals surface area contributed by atoms with Crippen molar-refractivity contribution in [3.8, 4) is 5.75 Å². The molecular formula is C12H16N2O. The third kappa shape index (κ3) is 1.96. The minimum Gasteiger partial charge on any atom is -0.505 e. The summed E-state index contributed by atoms with van der Waals surface area (Å²) in [5.74, 6) is 1.18. The second-order valence-electron chi connectivity index (χ2n) is 4.13. The lowest BCUT2D eigenvalue weighted by atomic mass is 9.85. The minimum atomic E-state index is 0.227. The highest BCUT2D eigenvalue weighted by atomic mass is 16.3. The summed E-state index contributed by atoms with van der Waals surface area (Å²) in [4.78, 5) is 0. The zero-order valence-corrected chi connectivity index (χ0v) is 9.04. The van der Waals surface area contributed by atoms with Crippen LogP contribution in [0.1, 0.15) is 19.9 Å². The van der Waals surface area contributed by atoms with Crippen molar-refractivity contribution in [2.75, 3.05) is 0 Å². The molecule has 1 aliphatic rings. The van der Waals surface area contributed by atoms with E-state index in [9.17, 15) is 5.11 Å². The zero-order valence-electron chi connectivity index (χ0n) is 9.04. The van der Waals surface area contributed by atoms with Gasteiger partial charge in [-0.1, -0.05) is 31.2 Å². The Morgan fingerprint density at radius 1 is 1.40 bits per heavy atom. The predicted molar refractivity (Wildman–Crippen MR) is 59.5 cm³/mol. The van der Waals surface area contributed by atoms with Gasteiger partial charge in [-0.25, -0.2) is 0 Å². The molecule has 0 radical (unpaired) electrons. The van der Waals surface area contributed by atoms with Crippen LogP contribution in [0.15, 0.2) is 36.7 Å². The van der Waals surface area contributed by atoms with E-state index in [4.69, 9.17) is 0 Å². The highest BCUT2D eigenvalue weighted by Gasteiger charge is 2.22. The molecule has 0 amide bonds. The van der Waals surface area contributed by atoms with Crippen molar-refractivity contribution in [2.24, 2.45) is 11.8 Å². The number of allylic oxidation sites excluding steroid dienone is 4. The standard InChI is InChI=1S/C12H16N2O/c1-9-5-3-4-6-12(9)10(2)14-8-11(15)7-13-14/h3-10,12,15H,1-2H3. The van der Waals surface area contributed by atoms with E-state index in [0.29, 0.717) is 11.8 Å². The average molecular weight is 204 g/mol. The lowest BCUT2D eigenvalue weighted by Gasteiger charge is -2.26. The molecule has 1 aliphatic carbocycles. The van der Waals surface area contributed by atoms with E-state index in [1.807, 2.05) is 4.68 Å². The third-order valence-electron chi connectivity index (χ3n) is 3.03. The van der Waals surface area contributed by atoms with Crippen LogP contribution in [0, 0.1) is 11.8 Å². The van der Waals surface area contributed by atoms with Gasteiger partial charge in [0.05, 0.1) is 18.4 Å². The van der Waals surface area contributed by atoms with Gasteiger partial charge in [-0.15, -0.1) is 0 Å². The monoisotopic (exact) mass is 204 g/mol.